The van der Waals surface area contributed by atoms with Crippen molar-refractivity contribution in [3.63, 3.8) is 0 Å². The maximum absolute atomic E-state index is 10.4. The van der Waals surface area contributed by atoms with Gasteiger partial charge in [-0.15, -0.1) is 11.3 Å². The topological polar surface area (TPSA) is 51.6 Å². The van der Waals surface area contributed by atoms with Gasteiger partial charge in [0, 0.05) is 21.7 Å². The Hall–Kier alpha value is -2.73. The van der Waals surface area contributed by atoms with Crippen LogP contribution in [0.4, 0.5) is 0 Å². The number of aliphatic hydroxyl groups is 1. The first-order valence-corrected chi connectivity index (χ1v) is 12.7. The maximum Gasteiger partial charge on any atom is 0.122 e. The molecule has 1 atom stereocenters. The molecule has 0 radical (unpaired) electrons. The Labute approximate surface area is 205 Å². The summed E-state index contributed by atoms with van der Waals surface area (Å²) < 4.78 is 13.4. The molecule has 5 heteroatoms. The molecule has 0 saturated heterocycles. The SMILES string of the molecule is Cc1nc2cc(-c3ccccc3)sc2c(-c2ccc3c(c2)CCCO3)c1[C@@H](CO)OC(C)(C)C. The van der Waals surface area contributed by atoms with Gasteiger partial charge in [0.15, 0.2) is 0 Å². The summed E-state index contributed by atoms with van der Waals surface area (Å²) >= 11 is 1.75. The summed E-state index contributed by atoms with van der Waals surface area (Å²) in [6, 6.07) is 19.1. The molecule has 2 aromatic carbocycles. The molecule has 2 aromatic heterocycles. The standard InChI is InChI=1S/C29H31NO3S/c1-18-26(24(17-31)33-29(2,3)4)27(21-12-13-23-20(15-21)11-8-14-32-23)28-22(30-18)16-25(34-28)19-9-6-5-7-10-19/h5-7,9-10,12-13,15-16,24,31H,8,11,14,17H2,1-4H3/t24-/m1/s1. The van der Waals surface area contributed by atoms with Crippen LogP contribution in [0.5, 0.6) is 5.75 Å². The maximum atomic E-state index is 10.4. The van der Waals surface area contributed by atoms with Crippen molar-refractivity contribution in [3.8, 4) is 27.3 Å². The summed E-state index contributed by atoms with van der Waals surface area (Å²) in [5.41, 5.74) is 7.05. The molecule has 3 heterocycles. The quantitative estimate of drug-likeness (QED) is 0.335. The van der Waals surface area contributed by atoms with Crippen LogP contribution in [0.1, 0.15) is 50.1 Å². The molecular weight excluding hydrogens is 442 g/mol. The van der Waals surface area contributed by atoms with Crippen molar-refractivity contribution < 1.29 is 14.6 Å². The lowest BCUT2D eigenvalue weighted by Crippen LogP contribution is -2.25. The van der Waals surface area contributed by atoms with Crippen molar-refractivity contribution >= 4 is 21.6 Å². The van der Waals surface area contributed by atoms with Crippen LogP contribution in [0.2, 0.25) is 0 Å². The molecule has 1 aliphatic heterocycles. The third-order valence-electron chi connectivity index (χ3n) is 6.13. The summed E-state index contributed by atoms with van der Waals surface area (Å²) in [5, 5.41) is 10.4. The predicted molar refractivity (Wildman–Crippen MR) is 140 cm³/mol. The van der Waals surface area contributed by atoms with Crippen LogP contribution >= 0.6 is 11.3 Å². The van der Waals surface area contributed by atoms with E-state index in [9.17, 15) is 5.11 Å². The van der Waals surface area contributed by atoms with Gasteiger partial charge < -0.3 is 14.6 Å². The first-order valence-electron chi connectivity index (χ1n) is 11.9. The Morgan fingerprint density at radius 3 is 2.62 bits per heavy atom. The Morgan fingerprint density at radius 1 is 1.09 bits per heavy atom. The molecule has 4 nitrogen and oxygen atoms in total. The second-order valence-electron chi connectivity index (χ2n) is 9.85. The summed E-state index contributed by atoms with van der Waals surface area (Å²) in [7, 11) is 0. The van der Waals surface area contributed by atoms with Gasteiger partial charge in [-0.2, -0.15) is 0 Å². The minimum atomic E-state index is -0.471. The molecule has 34 heavy (non-hydrogen) atoms. The fourth-order valence-electron chi connectivity index (χ4n) is 4.74. The fraction of sp³-hybridized carbons (Fsp3) is 0.345. The van der Waals surface area contributed by atoms with Gasteiger partial charge >= 0.3 is 0 Å². The molecule has 0 bridgehead atoms. The number of aliphatic hydroxyl groups excluding tert-OH is 1. The lowest BCUT2D eigenvalue weighted by Gasteiger charge is -2.29. The van der Waals surface area contributed by atoms with E-state index in [-0.39, 0.29) is 6.61 Å². The average Bonchev–Trinajstić information content (AvgIpc) is 3.25. The normalized spacial score (nSPS) is 14.6. The highest BCUT2D eigenvalue weighted by Crippen LogP contribution is 2.45. The monoisotopic (exact) mass is 473 g/mol. The van der Waals surface area contributed by atoms with Gasteiger partial charge in [-0.1, -0.05) is 36.4 Å². The molecule has 176 valence electrons. The molecule has 4 aromatic rings. The Morgan fingerprint density at radius 2 is 1.88 bits per heavy atom. The smallest absolute Gasteiger partial charge is 0.122 e. The van der Waals surface area contributed by atoms with E-state index in [1.165, 1.54) is 16.0 Å². The fourth-order valence-corrected chi connectivity index (χ4v) is 5.93. The van der Waals surface area contributed by atoms with Gasteiger partial charge in [0.1, 0.15) is 11.9 Å². The number of benzene rings is 2. The van der Waals surface area contributed by atoms with Crippen LogP contribution in [0.25, 0.3) is 31.8 Å². The van der Waals surface area contributed by atoms with Crippen LogP contribution in [0.15, 0.2) is 54.6 Å². The van der Waals surface area contributed by atoms with E-state index < -0.39 is 11.7 Å². The largest absolute Gasteiger partial charge is 0.493 e. The number of ether oxygens (including phenoxy) is 2. The molecule has 0 aliphatic carbocycles. The summed E-state index contributed by atoms with van der Waals surface area (Å²) in [6.45, 7) is 8.74. The van der Waals surface area contributed by atoms with Crippen LogP contribution in [0, 0.1) is 6.92 Å². The van der Waals surface area contributed by atoms with Gasteiger partial charge in [0.05, 0.1) is 29.0 Å². The highest BCUT2D eigenvalue weighted by atomic mass is 32.1. The van der Waals surface area contributed by atoms with Crippen LogP contribution in [0.3, 0.4) is 0 Å². The molecule has 0 spiro atoms. The third-order valence-corrected chi connectivity index (χ3v) is 7.32. The summed E-state index contributed by atoms with van der Waals surface area (Å²) in [6.07, 6.45) is 1.56. The minimum Gasteiger partial charge on any atom is -0.493 e. The van der Waals surface area contributed by atoms with Crippen molar-refractivity contribution in [2.45, 2.75) is 52.2 Å². The molecular formula is C29H31NO3S. The zero-order valence-corrected chi connectivity index (χ0v) is 21.0. The number of nitrogens with zero attached hydrogens (tertiary/aromatic N) is 1. The Kier molecular flexibility index (Phi) is 6.19. The van der Waals surface area contributed by atoms with E-state index in [0.29, 0.717) is 0 Å². The van der Waals surface area contributed by atoms with Crippen molar-refractivity contribution in [2.24, 2.45) is 0 Å². The van der Waals surface area contributed by atoms with Crippen LogP contribution in [-0.4, -0.2) is 28.9 Å². The predicted octanol–water partition coefficient (Wildman–Crippen LogP) is 7.11. The number of fused-ring (bicyclic) bond motifs is 2. The Balaban J connectivity index is 1.77. The van der Waals surface area contributed by atoms with E-state index in [1.54, 1.807) is 11.3 Å². The summed E-state index contributed by atoms with van der Waals surface area (Å²) in [4.78, 5) is 6.17. The molecule has 1 N–H and O–H groups in total. The van der Waals surface area contributed by atoms with Crippen molar-refractivity contribution in [1.82, 2.24) is 4.98 Å². The van der Waals surface area contributed by atoms with Crippen LogP contribution < -0.4 is 4.74 Å². The molecule has 0 amide bonds. The van der Waals surface area contributed by atoms with E-state index in [0.717, 1.165) is 57.8 Å². The highest BCUT2D eigenvalue weighted by Gasteiger charge is 2.28. The van der Waals surface area contributed by atoms with Crippen molar-refractivity contribution in [3.05, 3.63) is 71.4 Å². The lowest BCUT2D eigenvalue weighted by atomic mass is 9.92. The van der Waals surface area contributed by atoms with E-state index in [1.807, 2.05) is 33.8 Å². The number of aryl methyl sites for hydroxylation is 2. The number of aromatic nitrogens is 1. The first kappa shape index (κ1) is 23.0. The second-order valence-corrected chi connectivity index (χ2v) is 10.9. The van der Waals surface area contributed by atoms with E-state index >= 15 is 0 Å². The third kappa shape index (κ3) is 4.48. The first-order chi connectivity index (χ1) is 16.3. The van der Waals surface area contributed by atoms with E-state index in [4.69, 9.17) is 14.5 Å². The van der Waals surface area contributed by atoms with Gasteiger partial charge in [-0.25, -0.2) is 0 Å². The lowest BCUT2D eigenvalue weighted by molar-refractivity contribution is -0.0823. The minimum absolute atomic E-state index is 0.108. The zero-order valence-electron chi connectivity index (χ0n) is 20.2. The number of hydrogen-bond donors (Lipinski definition) is 1. The van der Waals surface area contributed by atoms with Gasteiger partial charge in [-0.3, -0.25) is 4.98 Å². The van der Waals surface area contributed by atoms with Crippen molar-refractivity contribution in [1.29, 1.82) is 0 Å². The number of hydrogen-bond acceptors (Lipinski definition) is 5. The van der Waals surface area contributed by atoms with Crippen molar-refractivity contribution in [2.75, 3.05) is 13.2 Å². The van der Waals surface area contributed by atoms with Gasteiger partial charge in [0.25, 0.3) is 0 Å². The molecule has 5 rings (SSSR count). The molecule has 0 fully saturated rings. The average molecular weight is 474 g/mol. The Bertz CT molecular complexity index is 1320. The van der Waals surface area contributed by atoms with E-state index in [2.05, 4.69) is 48.5 Å². The number of rotatable bonds is 5. The molecule has 1 aliphatic rings. The molecule has 0 unspecified atom stereocenters. The summed E-state index contributed by atoms with van der Waals surface area (Å²) in [5.74, 6) is 0.972. The van der Waals surface area contributed by atoms with Gasteiger partial charge in [-0.05, 0) is 75.4 Å². The highest BCUT2D eigenvalue weighted by molar-refractivity contribution is 7.22. The molecule has 0 saturated carbocycles. The number of thiophene rings is 1. The van der Waals surface area contributed by atoms with Crippen LogP contribution in [-0.2, 0) is 11.2 Å². The van der Waals surface area contributed by atoms with Gasteiger partial charge in [0.2, 0.25) is 0 Å². The number of pyridine rings is 1. The second kappa shape index (κ2) is 9.14. The zero-order chi connectivity index (χ0) is 23.9.